The molecule has 0 aliphatic rings. The van der Waals surface area contributed by atoms with Crippen molar-refractivity contribution in [2.24, 2.45) is 0 Å². The quantitative estimate of drug-likeness (QED) is 0.0910. The van der Waals surface area contributed by atoms with Gasteiger partial charge < -0.3 is 9.30 Å². The smallest absolute Gasteiger partial charge is 0.509 e. The molecular formula is C50H56N4OPd. The van der Waals surface area contributed by atoms with Gasteiger partial charge in [0.25, 0.3) is 0 Å². The summed E-state index contributed by atoms with van der Waals surface area (Å²) in [5, 5.41) is 7.49. The molecule has 7 aromatic rings. The van der Waals surface area contributed by atoms with Crippen molar-refractivity contribution in [2.75, 3.05) is 0 Å². The van der Waals surface area contributed by atoms with Gasteiger partial charge in [-0.25, -0.2) is 4.98 Å². The summed E-state index contributed by atoms with van der Waals surface area (Å²) in [5.74, 6) is 3.64. The fraction of sp³-hybridized carbons (Fsp3) is 0.360. The number of rotatable bonds is 12. The number of pyridine rings is 1. The molecule has 7 rings (SSSR count). The molecule has 5 nitrogen and oxygen atoms in total. The predicted molar refractivity (Wildman–Crippen MR) is 230 cm³/mol. The van der Waals surface area contributed by atoms with Crippen LogP contribution in [0.15, 0.2) is 79.0 Å². The van der Waals surface area contributed by atoms with Gasteiger partial charge in [0.2, 0.25) is 0 Å². The number of hydrogen-bond donors (Lipinski definition) is 0. The molecule has 0 bridgehead atoms. The Morgan fingerprint density at radius 3 is 2.04 bits per heavy atom. The first kappa shape index (κ1) is 41.1. The fourth-order valence-electron chi connectivity index (χ4n) is 7.94. The van der Waals surface area contributed by atoms with Crippen LogP contribution in [0.4, 0.5) is 0 Å². The van der Waals surface area contributed by atoms with Crippen molar-refractivity contribution in [3.8, 4) is 34.1 Å². The van der Waals surface area contributed by atoms with Crippen LogP contribution in [0, 0.1) is 26.0 Å². The molecule has 3 heterocycles. The Morgan fingerprint density at radius 1 is 0.696 bits per heavy atom. The van der Waals surface area contributed by atoms with Gasteiger partial charge >= 0.3 is 20.4 Å². The van der Waals surface area contributed by atoms with E-state index in [0.717, 1.165) is 69.5 Å². The zero-order valence-electron chi connectivity index (χ0n) is 34.9. The molecule has 0 radical (unpaired) electrons. The van der Waals surface area contributed by atoms with E-state index >= 15 is 0 Å². The molecule has 0 atom stereocenters. The minimum absolute atomic E-state index is 0. The molecule has 0 saturated heterocycles. The summed E-state index contributed by atoms with van der Waals surface area (Å²) in [5.41, 5.74) is 14.2. The average molecular weight is 835 g/mol. The summed E-state index contributed by atoms with van der Waals surface area (Å²) in [6.45, 7) is 24.8. The third-order valence-electron chi connectivity index (χ3n) is 11.1. The van der Waals surface area contributed by atoms with E-state index in [1.807, 2.05) is 12.3 Å². The Bertz CT molecular complexity index is 2470. The summed E-state index contributed by atoms with van der Waals surface area (Å²) in [4.78, 5) is 4.85. The second-order valence-corrected chi connectivity index (χ2v) is 16.5. The first-order valence-corrected chi connectivity index (χ1v) is 20.3. The molecule has 0 unspecified atom stereocenters. The van der Waals surface area contributed by atoms with E-state index in [1.54, 1.807) is 0 Å². The molecule has 6 heteroatoms. The van der Waals surface area contributed by atoms with E-state index in [-0.39, 0.29) is 26.3 Å². The van der Waals surface area contributed by atoms with Gasteiger partial charge in [-0.05, 0) is 107 Å². The SMILES string of the molecule is CCCCc1ccnc(-n2c3[c-]c(Oc4[c-]c(-n5nc(C)c(-c6c(C(C)C)cc(C(C)C)cc6C(C)C)c5C)cc(C(C)C)c4)ccc3c3ccccc32)c1.[Pd+2]. The second kappa shape index (κ2) is 16.9. The van der Waals surface area contributed by atoms with Crippen LogP contribution in [0.1, 0.15) is 138 Å². The summed E-state index contributed by atoms with van der Waals surface area (Å²) in [6.07, 6.45) is 5.26. The maximum Gasteiger partial charge on any atom is 2.00 e. The summed E-state index contributed by atoms with van der Waals surface area (Å²) in [7, 11) is 0. The second-order valence-electron chi connectivity index (χ2n) is 16.5. The van der Waals surface area contributed by atoms with Gasteiger partial charge in [0.05, 0.1) is 5.69 Å². The minimum atomic E-state index is 0. The Balaban J connectivity index is 0.00000532. The van der Waals surface area contributed by atoms with Crippen molar-refractivity contribution in [2.45, 2.75) is 119 Å². The number of hydrogen-bond acceptors (Lipinski definition) is 3. The van der Waals surface area contributed by atoms with Crippen LogP contribution < -0.4 is 4.74 Å². The Hall–Kier alpha value is -4.50. The molecule has 0 spiro atoms. The van der Waals surface area contributed by atoms with Crippen molar-refractivity contribution in [3.63, 3.8) is 0 Å². The molecule has 0 saturated carbocycles. The van der Waals surface area contributed by atoms with Crippen LogP contribution in [0.25, 0.3) is 44.4 Å². The van der Waals surface area contributed by atoms with Crippen LogP contribution in [0.5, 0.6) is 11.5 Å². The van der Waals surface area contributed by atoms with Gasteiger partial charge in [0, 0.05) is 34.5 Å². The topological polar surface area (TPSA) is 44.9 Å². The number of benzene rings is 4. The summed E-state index contributed by atoms with van der Waals surface area (Å²) in [6, 6.07) is 33.4. The Morgan fingerprint density at radius 2 is 1.38 bits per heavy atom. The zero-order chi connectivity index (χ0) is 39.1. The molecule has 3 aromatic heterocycles. The number of aromatic nitrogens is 4. The van der Waals surface area contributed by atoms with E-state index < -0.39 is 0 Å². The van der Waals surface area contributed by atoms with Gasteiger partial charge in [-0.1, -0.05) is 105 Å². The monoisotopic (exact) mass is 834 g/mol. The van der Waals surface area contributed by atoms with Gasteiger partial charge in [0.15, 0.2) is 0 Å². The predicted octanol–water partition coefficient (Wildman–Crippen LogP) is 13.9. The van der Waals surface area contributed by atoms with Crippen LogP contribution in [0.3, 0.4) is 0 Å². The van der Waals surface area contributed by atoms with E-state index in [2.05, 4.69) is 164 Å². The number of nitrogens with zero attached hydrogens (tertiary/aromatic N) is 4. The van der Waals surface area contributed by atoms with Crippen molar-refractivity contribution in [1.82, 2.24) is 19.3 Å². The van der Waals surface area contributed by atoms with E-state index in [4.69, 9.17) is 14.8 Å². The number of unbranched alkanes of at least 4 members (excludes halogenated alkanes) is 1. The summed E-state index contributed by atoms with van der Waals surface area (Å²) >= 11 is 0. The van der Waals surface area contributed by atoms with E-state index in [1.165, 1.54) is 33.4 Å². The molecule has 0 aliphatic carbocycles. The molecule has 56 heavy (non-hydrogen) atoms. The van der Waals surface area contributed by atoms with Crippen LogP contribution in [-0.2, 0) is 26.8 Å². The Kier molecular flexibility index (Phi) is 12.4. The molecule has 292 valence electrons. The van der Waals surface area contributed by atoms with Gasteiger partial charge in [0.1, 0.15) is 5.82 Å². The third-order valence-corrected chi connectivity index (χ3v) is 11.1. The van der Waals surface area contributed by atoms with Crippen LogP contribution in [0.2, 0.25) is 0 Å². The summed E-state index contributed by atoms with van der Waals surface area (Å²) < 4.78 is 11.0. The Labute approximate surface area is 348 Å². The van der Waals surface area contributed by atoms with Gasteiger partial charge in [-0.15, -0.1) is 41.3 Å². The van der Waals surface area contributed by atoms with Gasteiger partial charge in [-0.3, -0.25) is 4.68 Å². The van der Waals surface area contributed by atoms with Gasteiger partial charge in [-0.2, -0.15) is 11.2 Å². The standard InChI is InChI=1S/C50H56N4O.Pd/c1-12-13-16-36-21-22-51-48(23-36)53-46-18-15-14-17-42(46)43-20-19-40(29-47(43)53)55-41-25-37(30(2)3)24-39(28-41)54-35(11)49(34(10)52-54)50-44(32(6)7)26-38(31(4)5)27-45(50)33(8)9;/h14-15,17-27,30-33H,12-13,16H2,1-11H3;/q-2;+2. The van der Waals surface area contributed by atoms with E-state index in [9.17, 15) is 0 Å². The van der Waals surface area contributed by atoms with Crippen molar-refractivity contribution >= 4 is 21.8 Å². The molecule has 0 amide bonds. The fourth-order valence-corrected chi connectivity index (χ4v) is 7.94. The van der Waals surface area contributed by atoms with Crippen molar-refractivity contribution in [3.05, 3.63) is 130 Å². The molecule has 4 aromatic carbocycles. The third kappa shape index (κ3) is 7.89. The maximum atomic E-state index is 6.72. The molecular weight excluding hydrogens is 779 g/mol. The molecule has 0 N–H and O–H groups in total. The number of aryl methyl sites for hydroxylation is 2. The largest absolute Gasteiger partial charge is 2.00 e. The van der Waals surface area contributed by atoms with Crippen molar-refractivity contribution < 1.29 is 25.2 Å². The average Bonchev–Trinajstić information content (AvgIpc) is 3.65. The first-order chi connectivity index (χ1) is 26.4. The first-order valence-electron chi connectivity index (χ1n) is 20.3. The number of para-hydroxylation sites is 1. The van der Waals surface area contributed by atoms with E-state index in [0.29, 0.717) is 29.3 Å². The van der Waals surface area contributed by atoms with Crippen LogP contribution >= 0.6 is 0 Å². The number of fused-ring (bicyclic) bond motifs is 3. The minimum Gasteiger partial charge on any atom is -0.509 e. The molecule has 0 aliphatic heterocycles. The van der Waals surface area contributed by atoms with Crippen molar-refractivity contribution in [1.29, 1.82) is 0 Å². The van der Waals surface area contributed by atoms with Crippen LogP contribution in [-0.4, -0.2) is 19.3 Å². The normalized spacial score (nSPS) is 11.8. The zero-order valence-corrected chi connectivity index (χ0v) is 36.5. The molecule has 0 fully saturated rings. The maximum absolute atomic E-state index is 6.72. The number of ether oxygens (including phenoxy) is 1.